The highest BCUT2D eigenvalue weighted by Gasteiger charge is 2.47. The van der Waals surface area contributed by atoms with Crippen LogP contribution < -0.4 is 11.1 Å². The standard InChI is InChI=1S/C11H20N2O4/c1-6(2)9(12)10(16)13-7-3-4-11(7,17)5-8(14)15/h6-7,9,17H,3-5,12H2,1-2H3,(H,13,16)(H,14,15)/t7-,9+,11+/m1/s1. The normalized spacial score (nSPS) is 29.6. The van der Waals surface area contributed by atoms with Gasteiger partial charge in [0.25, 0.3) is 0 Å². The summed E-state index contributed by atoms with van der Waals surface area (Å²) in [6, 6.07) is -1.14. The summed E-state index contributed by atoms with van der Waals surface area (Å²) in [5.41, 5.74) is 4.35. The molecule has 1 aliphatic rings. The van der Waals surface area contributed by atoms with Gasteiger partial charge in [0.05, 0.1) is 24.1 Å². The molecule has 6 heteroatoms. The van der Waals surface area contributed by atoms with Gasteiger partial charge in [-0.05, 0) is 18.8 Å². The molecule has 17 heavy (non-hydrogen) atoms. The van der Waals surface area contributed by atoms with Gasteiger partial charge in [0, 0.05) is 0 Å². The fraction of sp³-hybridized carbons (Fsp3) is 0.818. The minimum absolute atomic E-state index is 0.00245. The number of hydrogen-bond acceptors (Lipinski definition) is 4. The highest BCUT2D eigenvalue weighted by atomic mass is 16.4. The zero-order chi connectivity index (χ0) is 13.2. The summed E-state index contributed by atoms with van der Waals surface area (Å²) >= 11 is 0. The van der Waals surface area contributed by atoms with Gasteiger partial charge in [-0.15, -0.1) is 0 Å². The van der Waals surface area contributed by atoms with Crippen LogP contribution in [-0.4, -0.2) is 39.8 Å². The number of rotatable bonds is 5. The van der Waals surface area contributed by atoms with Crippen molar-refractivity contribution in [3.05, 3.63) is 0 Å². The average Bonchev–Trinajstić information content (AvgIpc) is 2.21. The summed E-state index contributed by atoms with van der Waals surface area (Å²) in [7, 11) is 0. The van der Waals surface area contributed by atoms with E-state index in [0.29, 0.717) is 12.8 Å². The predicted octanol–water partition coefficient (Wildman–Crippen LogP) is -0.546. The maximum atomic E-state index is 11.7. The first-order chi connectivity index (χ1) is 7.76. The summed E-state index contributed by atoms with van der Waals surface area (Å²) in [6.45, 7) is 3.66. The van der Waals surface area contributed by atoms with E-state index in [4.69, 9.17) is 10.8 Å². The molecule has 0 spiro atoms. The van der Waals surface area contributed by atoms with E-state index >= 15 is 0 Å². The van der Waals surface area contributed by atoms with Crippen LogP contribution in [0.25, 0.3) is 0 Å². The summed E-state index contributed by atoms with van der Waals surface area (Å²) in [6.07, 6.45) is 0.621. The molecule has 0 heterocycles. The summed E-state index contributed by atoms with van der Waals surface area (Å²) < 4.78 is 0. The van der Waals surface area contributed by atoms with Gasteiger partial charge in [-0.1, -0.05) is 13.8 Å². The second-order valence-corrected chi connectivity index (χ2v) is 5.04. The largest absolute Gasteiger partial charge is 0.481 e. The zero-order valence-electron chi connectivity index (χ0n) is 10.1. The molecule has 0 aliphatic heterocycles. The number of carbonyl (C=O) groups excluding carboxylic acids is 1. The summed E-state index contributed by atoms with van der Waals surface area (Å²) in [4.78, 5) is 22.3. The fourth-order valence-electron chi connectivity index (χ4n) is 1.87. The van der Waals surface area contributed by atoms with Gasteiger partial charge in [0.1, 0.15) is 0 Å². The molecule has 0 bridgehead atoms. The number of nitrogens with one attached hydrogen (secondary N) is 1. The lowest BCUT2D eigenvalue weighted by molar-refractivity contribution is -0.152. The van der Waals surface area contributed by atoms with E-state index in [1.54, 1.807) is 0 Å². The molecule has 0 radical (unpaired) electrons. The molecule has 0 aromatic rings. The molecule has 0 aromatic heterocycles. The van der Waals surface area contributed by atoms with Crippen molar-refractivity contribution in [2.24, 2.45) is 11.7 Å². The Morgan fingerprint density at radius 1 is 1.53 bits per heavy atom. The van der Waals surface area contributed by atoms with Crippen molar-refractivity contribution in [1.82, 2.24) is 5.32 Å². The predicted molar refractivity (Wildman–Crippen MR) is 61.2 cm³/mol. The van der Waals surface area contributed by atoms with Gasteiger partial charge in [-0.3, -0.25) is 9.59 Å². The lowest BCUT2D eigenvalue weighted by Gasteiger charge is -2.45. The number of hydrogen-bond donors (Lipinski definition) is 4. The first-order valence-electron chi connectivity index (χ1n) is 5.76. The maximum Gasteiger partial charge on any atom is 0.306 e. The van der Waals surface area contributed by atoms with Crippen molar-refractivity contribution in [3.63, 3.8) is 0 Å². The van der Waals surface area contributed by atoms with Gasteiger partial charge in [0.15, 0.2) is 0 Å². The Balaban J connectivity index is 2.53. The number of carboxylic acids is 1. The molecule has 0 unspecified atom stereocenters. The Morgan fingerprint density at radius 3 is 2.47 bits per heavy atom. The van der Waals surface area contributed by atoms with Crippen LogP contribution in [0.2, 0.25) is 0 Å². The zero-order valence-corrected chi connectivity index (χ0v) is 10.1. The molecule has 0 saturated heterocycles. The van der Waals surface area contributed by atoms with Crippen molar-refractivity contribution >= 4 is 11.9 Å². The Labute approximate surface area is 100 Å². The molecule has 1 rings (SSSR count). The van der Waals surface area contributed by atoms with E-state index in [0.717, 1.165) is 0 Å². The number of carbonyl (C=O) groups is 2. The van der Waals surface area contributed by atoms with Crippen LogP contribution in [0, 0.1) is 5.92 Å². The Morgan fingerprint density at radius 2 is 2.12 bits per heavy atom. The Kier molecular flexibility index (Phi) is 4.11. The number of aliphatic carboxylic acids is 1. The SMILES string of the molecule is CC(C)[C@H](N)C(=O)N[C@@H]1CC[C@]1(O)CC(=O)O. The smallest absolute Gasteiger partial charge is 0.306 e. The molecule has 1 amide bonds. The first kappa shape index (κ1) is 13.9. The molecule has 1 saturated carbocycles. The minimum Gasteiger partial charge on any atom is -0.481 e. The van der Waals surface area contributed by atoms with Crippen LogP contribution in [0.1, 0.15) is 33.1 Å². The van der Waals surface area contributed by atoms with Gasteiger partial charge in [-0.25, -0.2) is 0 Å². The van der Waals surface area contributed by atoms with Crippen LogP contribution in [0.4, 0.5) is 0 Å². The van der Waals surface area contributed by atoms with E-state index in [-0.39, 0.29) is 18.2 Å². The summed E-state index contributed by atoms with van der Waals surface area (Å²) in [5.74, 6) is -1.41. The lowest BCUT2D eigenvalue weighted by Crippen LogP contribution is -2.63. The van der Waals surface area contributed by atoms with Crippen LogP contribution in [-0.2, 0) is 9.59 Å². The van der Waals surface area contributed by atoms with E-state index in [1.807, 2.05) is 13.8 Å². The molecule has 6 nitrogen and oxygen atoms in total. The second kappa shape index (κ2) is 5.01. The molecule has 1 fully saturated rings. The highest BCUT2D eigenvalue weighted by Crippen LogP contribution is 2.35. The van der Waals surface area contributed by atoms with Crippen LogP contribution in [0.15, 0.2) is 0 Å². The van der Waals surface area contributed by atoms with Crippen LogP contribution >= 0.6 is 0 Å². The van der Waals surface area contributed by atoms with Gasteiger partial charge >= 0.3 is 5.97 Å². The van der Waals surface area contributed by atoms with Gasteiger partial charge in [0.2, 0.25) is 5.91 Å². The van der Waals surface area contributed by atoms with Gasteiger partial charge < -0.3 is 21.3 Å². The number of carboxylic acid groups (broad SMARTS) is 1. The van der Waals surface area contributed by atoms with Crippen LogP contribution in [0.5, 0.6) is 0 Å². The highest BCUT2D eigenvalue weighted by molar-refractivity contribution is 5.82. The van der Waals surface area contributed by atoms with Crippen LogP contribution in [0.3, 0.4) is 0 Å². The van der Waals surface area contributed by atoms with E-state index in [2.05, 4.69) is 5.32 Å². The molecule has 0 aromatic carbocycles. The molecular formula is C11H20N2O4. The second-order valence-electron chi connectivity index (χ2n) is 5.04. The van der Waals surface area contributed by atoms with Crippen molar-refractivity contribution < 1.29 is 19.8 Å². The molecule has 5 N–H and O–H groups in total. The quantitative estimate of drug-likeness (QED) is 0.518. The average molecular weight is 244 g/mol. The van der Waals surface area contributed by atoms with Crippen molar-refractivity contribution in [3.8, 4) is 0 Å². The maximum absolute atomic E-state index is 11.7. The Hall–Kier alpha value is -1.14. The minimum atomic E-state index is -1.32. The third kappa shape index (κ3) is 3.17. The molecule has 1 aliphatic carbocycles. The third-order valence-corrected chi connectivity index (χ3v) is 3.31. The number of amides is 1. The molecule has 98 valence electrons. The van der Waals surface area contributed by atoms with E-state index in [9.17, 15) is 14.7 Å². The van der Waals surface area contributed by atoms with E-state index in [1.165, 1.54) is 0 Å². The third-order valence-electron chi connectivity index (χ3n) is 3.31. The first-order valence-corrected chi connectivity index (χ1v) is 5.76. The Bertz CT molecular complexity index is 319. The van der Waals surface area contributed by atoms with Crippen molar-refractivity contribution in [2.75, 3.05) is 0 Å². The molecule has 3 atom stereocenters. The number of nitrogens with two attached hydrogens (primary N) is 1. The van der Waals surface area contributed by atoms with E-state index < -0.39 is 23.7 Å². The van der Waals surface area contributed by atoms with Crippen molar-refractivity contribution in [1.29, 1.82) is 0 Å². The molecular weight excluding hydrogens is 224 g/mol. The number of aliphatic hydroxyl groups is 1. The summed E-state index contributed by atoms with van der Waals surface area (Å²) in [5, 5.41) is 21.3. The fourth-order valence-corrected chi connectivity index (χ4v) is 1.87. The van der Waals surface area contributed by atoms with Crippen molar-refractivity contribution in [2.45, 2.75) is 50.8 Å². The lowest BCUT2D eigenvalue weighted by atomic mass is 9.72. The van der Waals surface area contributed by atoms with Gasteiger partial charge in [-0.2, -0.15) is 0 Å². The monoisotopic (exact) mass is 244 g/mol. The topological polar surface area (TPSA) is 113 Å².